The molecule has 0 fully saturated rings. The largest absolute Gasteiger partial charge is 0.396 e. The van der Waals surface area contributed by atoms with Crippen LogP contribution in [0.2, 0.25) is 5.02 Å². The molecule has 160 valence electrons. The quantitative estimate of drug-likeness (QED) is 0.425. The van der Waals surface area contributed by atoms with Crippen LogP contribution in [0.5, 0.6) is 0 Å². The van der Waals surface area contributed by atoms with E-state index in [4.69, 9.17) is 16.7 Å². The Morgan fingerprint density at radius 1 is 1.16 bits per heavy atom. The van der Waals surface area contributed by atoms with Gasteiger partial charge in [-0.2, -0.15) is 0 Å². The van der Waals surface area contributed by atoms with Crippen LogP contribution in [-0.2, 0) is 18.3 Å². The number of carbonyl (C=O) groups excluding carboxylic acids is 1. The van der Waals surface area contributed by atoms with E-state index in [9.17, 15) is 4.79 Å². The van der Waals surface area contributed by atoms with Crippen LogP contribution in [0.25, 0.3) is 11.0 Å². The van der Waals surface area contributed by atoms with Crippen molar-refractivity contribution in [3.8, 4) is 0 Å². The smallest absolute Gasteiger partial charge is 0.226 e. The Morgan fingerprint density at radius 3 is 2.61 bits per heavy atom. The van der Waals surface area contributed by atoms with E-state index in [1.807, 2.05) is 83.2 Å². The van der Waals surface area contributed by atoms with Gasteiger partial charge in [-0.3, -0.25) is 4.79 Å². The molecule has 0 saturated carbocycles. The van der Waals surface area contributed by atoms with Crippen LogP contribution in [0.3, 0.4) is 0 Å². The summed E-state index contributed by atoms with van der Waals surface area (Å²) in [6.45, 7) is 0.140. The number of anilines is 1. The van der Waals surface area contributed by atoms with Crippen LogP contribution >= 0.6 is 11.6 Å². The summed E-state index contributed by atoms with van der Waals surface area (Å²) in [5.74, 6) is 0.840. The maximum absolute atomic E-state index is 12.9. The van der Waals surface area contributed by atoms with Crippen molar-refractivity contribution in [2.24, 2.45) is 7.05 Å². The number of hydrogen-bond acceptors (Lipinski definition) is 3. The molecule has 0 saturated heterocycles. The summed E-state index contributed by atoms with van der Waals surface area (Å²) in [7, 11) is 1.97. The van der Waals surface area contributed by atoms with Gasteiger partial charge in [-0.1, -0.05) is 23.7 Å². The van der Waals surface area contributed by atoms with Gasteiger partial charge in [0, 0.05) is 43.2 Å². The molecule has 0 aliphatic heterocycles. The summed E-state index contributed by atoms with van der Waals surface area (Å²) < 4.78 is 4.05. The number of hydrogen-bond donors (Lipinski definition) is 2. The van der Waals surface area contributed by atoms with Crippen LogP contribution < -0.4 is 5.32 Å². The van der Waals surface area contributed by atoms with E-state index in [1.165, 1.54) is 0 Å². The minimum atomic E-state index is -0.129. The number of nitrogens with one attached hydrogen (secondary N) is 1. The Morgan fingerprint density at radius 2 is 1.90 bits per heavy atom. The highest BCUT2D eigenvalue weighted by Gasteiger charge is 2.18. The van der Waals surface area contributed by atoms with E-state index in [1.54, 1.807) is 0 Å². The number of amides is 1. The molecule has 6 nitrogen and oxygen atoms in total. The van der Waals surface area contributed by atoms with Gasteiger partial charge < -0.3 is 19.6 Å². The molecule has 1 amide bonds. The molecule has 0 unspecified atom stereocenters. The second kappa shape index (κ2) is 9.37. The molecule has 0 bridgehead atoms. The van der Waals surface area contributed by atoms with Crippen molar-refractivity contribution in [3.05, 3.63) is 83.4 Å². The van der Waals surface area contributed by atoms with Crippen LogP contribution in [0.4, 0.5) is 5.69 Å². The predicted molar refractivity (Wildman–Crippen MR) is 123 cm³/mol. The first-order chi connectivity index (χ1) is 15.0. The van der Waals surface area contributed by atoms with Crippen LogP contribution in [0, 0.1) is 0 Å². The predicted octanol–water partition coefficient (Wildman–Crippen LogP) is 4.57. The van der Waals surface area contributed by atoms with E-state index in [2.05, 4.69) is 10.3 Å². The zero-order chi connectivity index (χ0) is 21.8. The van der Waals surface area contributed by atoms with Gasteiger partial charge in [-0.15, -0.1) is 0 Å². The van der Waals surface area contributed by atoms with Crippen LogP contribution in [0.1, 0.15) is 30.3 Å². The third-order valence-electron chi connectivity index (χ3n) is 5.44. The average molecular weight is 437 g/mol. The number of aliphatic hydroxyl groups excluding tert-OH is 1. The lowest BCUT2D eigenvalue weighted by Gasteiger charge is -2.19. The average Bonchev–Trinajstić information content (AvgIpc) is 3.40. The highest BCUT2D eigenvalue weighted by Crippen LogP contribution is 2.26. The van der Waals surface area contributed by atoms with Crippen LogP contribution in [0.15, 0.2) is 67.0 Å². The monoisotopic (exact) mass is 436 g/mol. The number of rotatable bonds is 8. The summed E-state index contributed by atoms with van der Waals surface area (Å²) >= 11 is 6.04. The maximum atomic E-state index is 12.9. The first-order valence-electron chi connectivity index (χ1n) is 10.3. The third kappa shape index (κ3) is 4.81. The minimum Gasteiger partial charge on any atom is -0.396 e. The molecule has 4 rings (SSSR count). The van der Waals surface area contributed by atoms with Gasteiger partial charge in [0.1, 0.15) is 5.82 Å². The molecule has 0 aliphatic carbocycles. The van der Waals surface area contributed by atoms with Gasteiger partial charge in [0.05, 0.1) is 23.5 Å². The fourth-order valence-electron chi connectivity index (χ4n) is 3.81. The van der Waals surface area contributed by atoms with Gasteiger partial charge in [0.25, 0.3) is 0 Å². The highest BCUT2D eigenvalue weighted by atomic mass is 35.5. The standard InChI is InChI=1S/C24H25ClN4O2/c1-28-21-11-10-19(15-20(21)27-23(28)5-4-14-30)26-24(31)16-22(29-12-2-3-13-29)17-6-8-18(25)9-7-17/h2-3,6-13,15,22,30H,4-5,14,16H2,1H3,(H,26,31)/t22-/m0/s1. The fraction of sp³-hybridized carbons (Fsp3) is 0.250. The fourth-order valence-corrected chi connectivity index (χ4v) is 3.94. The molecule has 0 spiro atoms. The Hall–Kier alpha value is -3.09. The number of aliphatic hydroxyl groups is 1. The maximum Gasteiger partial charge on any atom is 0.226 e. The number of halogens is 1. The van der Waals surface area contributed by atoms with Crippen molar-refractivity contribution < 1.29 is 9.90 Å². The van der Waals surface area contributed by atoms with E-state index in [0.717, 1.165) is 22.4 Å². The van der Waals surface area contributed by atoms with Crippen molar-refractivity contribution in [2.75, 3.05) is 11.9 Å². The Kier molecular flexibility index (Phi) is 6.39. The third-order valence-corrected chi connectivity index (χ3v) is 5.69. The Bertz CT molecular complexity index is 1170. The summed E-state index contributed by atoms with van der Waals surface area (Å²) in [5.41, 5.74) is 3.56. The zero-order valence-corrected chi connectivity index (χ0v) is 18.1. The van der Waals surface area contributed by atoms with E-state index < -0.39 is 0 Å². The summed E-state index contributed by atoms with van der Waals surface area (Å²) in [4.78, 5) is 17.6. The van der Waals surface area contributed by atoms with E-state index >= 15 is 0 Å². The molecule has 0 aliphatic rings. The molecule has 0 radical (unpaired) electrons. The van der Waals surface area contributed by atoms with Gasteiger partial charge in [-0.25, -0.2) is 4.98 Å². The van der Waals surface area contributed by atoms with E-state index in [0.29, 0.717) is 23.6 Å². The molecule has 4 aromatic rings. The first-order valence-corrected chi connectivity index (χ1v) is 10.7. The number of fused-ring (bicyclic) bond motifs is 1. The number of benzene rings is 2. The number of nitrogens with zero attached hydrogens (tertiary/aromatic N) is 3. The lowest BCUT2D eigenvalue weighted by Crippen LogP contribution is -2.19. The molecule has 2 aromatic heterocycles. The second-order valence-corrected chi connectivity index (χ2v) is 8.00. The molecule has 1 atom stereocenters. The number of imidazole rings is 1. The lowest BCUT2D eigenvalue weighted by atomic mass is 10.0. The number of aromatic nitrogens is 3. The SMILES string of the molecule is Cn1c(CCCO)nc2cc(NC(=O)C[C@@H](c3ccc(Cl)cc3)n3cccc3)ccc21. The van der Waals surface area contributed by atoms with Gasteiger partial charge in [0.2, 0.25) is 5.91 Å². The molecule has 2 heterocycles. The van der Waals surface area contributed by atoms with Crippen molar-refractivity contribution in [1.29, 1.82) is 0 Å². The molecular formula is C24H25ClN4O2. The lowest BCUT2D eigenvalue weighted by molar-refractivity contribution is -0.116. The molecule has 7 heteroatoms. The van der Waals surface area contributed by atoms with E-state index in [-0.39, 0.29) is 25.0 Å². The van der Waals surface area contributed by atoms with Gasteiger partial charge in [0.15, 0.2) is 0 Å². The second-order valence-electron chi connectivity index (χ2n) is 7.57. The summed E-state index contributed by atoms with van der Waals surface area (Å²) in [6.07, 6.45) is 5.59. The summed E-state index contributed by atoms with van der Waals surface area (Å²) in [6, 6.07) is 17.1. The first kappa shape index (κ1) is 21.2. The molecular weight excluding hydrogens is 412 g/mol. The number of aryl methyl sites for hydroxylation is 2. The molecule has 2 aromatic carbocycles. The minimum absolute atomic E-state index is 0.0792. The van der Waals surface area contributed by atoms with Crippen molar-refractivity contribution in [1.82, 2.24) is 14.1 Å². The van der Waals surface area contributed by atoms with Crippen LogP contribution in [-0.4, -0.2) is 31.7 Å². The van der Waals surface area contributed by atoms with Gasteiger partial charge >= 0.3 is 0 Å². The van der Waals surface area contributed by atoms with Crippen molar-refractivity contribution in [3.63, 3.8) is 0 Å². The van der Waals surface area contributed by atoms with Crippen molar-refractivity contribution in [2.45, 2.75) is 25.3 Å². The Balaban J connectivity index is 1.52. The zero-order valence-electron chi connectivity index (χ0n) is 17.3. The Labute approximate surface area is 186 Å². The molecule has 2 N–H and O–H groups in total. The highest BCUT2D eigenvalue weighted by molar-refractivity contribution is 6.30. The van der Waals surface area contributed by atoms with Gasteiger partial charge in [-0.05, 0) is 54.4 Å². The summed E-state index contributed by atoms with van der Waals surface area (Å²) in [5, 5.41) is 12.8. The molecule has 31 heavy (non-hydrogen) atoms. The van der Waals surface area contributed by atoms with Crippen molar-refractivity contribution >= 4 is 34.2 Å². The number of carbonyl (C=O) groups is 1. The topological polar surface area (TPSA) is 72.1 Å². The normalized spacial score (nSPS) is 12.2.